The Balaban J connectivity index is 1.59. The molecule has 3 aliphatic rings. The fraction of sp³-hybridized carbons (Fsp3) is 0.353. The Hall–Kier alpha value is -3.08. The standard InChI is InChI=1S/C17H15N3O7S/c21-15(18-3-1-2-4-18)8-19-16(22)14(28-17(19)23)6-10-5-12-13(27-9-26-12)7-11(10)20(24)25/h5-7H,1-4,8-9H2/b14-6-. The number of nitro groups is 1. The molecule has 0 spiro atoms. The smallest absolute Gasteiger partial charge is 0.294 e. The van der Waals surface area contributed by atoms with Crippen molar-refractivity contribution in [1.29, 1.82) is 0 Å². The largest absolute Gasteiger partial charge is 0.454 e. The van der Waals surface area contributed by atoms with Crippen LogP contribution in [0.2, 0.25) is 0 Å². The second-order valence-electron chi connectivity index (χ2n) is 6.38. The minimum atomic E-state index is -0.644. The van der Waals surface area contributed by atoms with E-state index in [4.69, 9.17) is 9.47 Å². The molecule has 0 saturated carbocycles. The first-order chi connectivity index (χ1) is 13.4. The summed E-state index contributed by atoms with van der Waals surface area (Å²) >= 11 is 0.648. The van der Waals surface area contributed by atoms with E-state index in [9.17, 15) is 24.5 Å². The van der Waals surface area contributed by atoms with Gasteiger partial charge in [-0.05, 0) is 36.7 Å². The van der Waals surface area contributed by atoms with Gasteiger partial charge in [-0.2, -0.15) is 0 Å². The number of nitro benzene ring substituents is 1. The van der Waals surface area contributed by atoms with Gasteiger partial charge in [0.25, 0.3) is 16.8 Å². The highest BCUT2D eigenvalue weighted by Gasteiger charge is 2.38. The number of carbonyl (C=O) groups excluding carboxylic acids is 3. The highest BCUT2D eigenvalue weighted by molar-refractivity contribution is 8.18. The zero-order valence-corrected chi connectivity index (χ0v) is 15.4. The van der Waals surface area contributed by atoms with Crippen molar-refractivity contribution in [2.24, 2.45) is 0 Å². The van der Waals surface area contributed by atoms with Gasteiger partial charge in [-0.25, -0.2) is 0 Å². The predicted molar refractivity (Wildman–Crippen MR) is 97.7 cm³/mol. The fourth-order valence-electron chi connectivity index (χ4n) is 3.20. The number of carbonyl (C=O) groups is 3. The second-order valence-corrected chi connectivity index (χ2v) is 7.37. The predicted octanol–water partition coefficient (Wildman–Crippen LogP) is 1.98. The van der Waals surface area contributed by atoms with E-state index in [1.54, 1.807) is 4.90 Å². The van der Waals surface area contributed by atoms with E-state index in [0.717, 1.165) is 17.7 Å². The number of fused-ring (bicyclic) bond motifs is 1. The van der Waals surface area contributed by atoms with Crippen molar-refractivity contribution < 1.29 is 28.8 Å². The van der Waals surface area contributed by atoms with Gasteiger partial charge in [0.15, 0.2) is 11.5 Å². The maximum absolute atomic E-state index is 12.6. The maximum Gasteiger partial charge on any atom is 0.294 e. The molecule has 11 heteroatoms. The Kier molecular flexibility index (Phi) is 4.67. The highest BCUT2D eigenvalue weighted by atomic mass is 32.2. The van der Waals surface area contributed by atoms with Crippen molar-refractivity contribution in [2.75, 3.05) is 26.4 Å². The van der Waals surface area contributed by atoms with Crippen LogP contribution in [0.3, 0.4) is 0 Å². The molecule has 1 aromatic carbocycles. The van der Waals surface area contributed by atoms with Gasteiger partial charge in [0, 0.05) is 13.1 Å². The lowest BCUT2D eigenvalue weighted by molar-refractivity contribution is -0.385. The topological polar surface area (TPSA) is 119 Å². The van der Waals surface area contributed by atoms with Crippen molar-refractivity contribution in [3.63, 3.8) is 0 Å². The normalized spacial score (nSPS) is 19.8. The molecular formula is C17H15N3O7S. The van der Waals surface area contributed by atoms with Gasteiger partial charge in [-0.1, -0.05) is 0 Å². The number of benzene rings is 1. The first kappa shape index (κ1) is 18.3. The molecule has 0 bridgehead atoms. The van der Waals surface area contributed by atoms with Crippen LogP contribution < -0.4 is 9.47 Å². The zero-order valence-electron chi connectivity index (χ0n) is 14.6. The number of amides is 3. The van der Waals surface area contributed by atoms with Crippen LogP contribution in [0.1, 0.15) is 18.4 Å². The van der Waals surface area contributed by atoms with E-state index >= 15 is 0 Å². The van der Waals surface area contributed by atoms with E-state index in [1.165, 1.54) is 18.2 Å². The molecule has 0 N–H and O–H groups in total. The summed E-state index contributed by atoms with van der Waals surface area (Å²) in [7, 11) is 0. The lowest BCUT2D eigenvalue weighted by Crippen LogP contribution is -2.40. The zero-order chi connectivity index (χ0) is 19.8. The maximum atomic E-state index is 12.6. The second kappa shape index (κ2) is 7.15. The van der Waals surface area contributed by atoms with Gasteiger partial charge in [-0.15, -0.1) is 0 Å². The van der Waals surface area contributed by atoms with Crippen molar-refractivity contribution in [1.82, 2.24) is 9.80 Å². The lowest BCUT2D eigenvalue weighted by atomic mass is 10.1. The molecule has 3 aliphatic heterocycles. The Labute approximate surface area is 163 Å². The van der Waals surface area contributed by atoms with E-state index in [1.807, 2.05) is 0 Å². The number of likely N-dealkylation sites (tertiary alicyclic amines) is 1. The van der Waals surface area contributed by atoms with Gasteiger partial charge in [-0.3, -0.25) is 29.4 Å². The summed E-state index contributed by atoms with van der Waals surface area (Å²) in [6, 6.07) is 2.61. The Morgan fingerprint density at radius 1 is 1.21 bits per heavy atom. The average Bonchev–Trinajstić information content (AvgIpc) is 3.38. The van der Waals surface area contributed by atoms with Crippen molar-refractivity contribution in [2.45, 2.75) is 12.8 Å². The van der Waals surface area contributed by atoms with Crippen LogP contribution in [0, 0.1) is 10.1 Å². The molecule has 0 unspecified atom stereocenters. The van der Waals surface area contributed by atoms with Gasteiger partial charge < -0.3 is 14.4 Å². The van der Waals surface area contributed by atoms with E-state index in [-0.39, 0.29) is 41.2 Å². The SMILES string of the molecule is O=C(CN1C(=O)S/C(=C\c2cc3c(cc2[N+](=O)[O-])OCO3)C1=O)N1CCCC1. The van der Waals surface area contributed by atoms with Gasteiger partial charge in [0.2, 0.25) is 12.7 Å². The molecule has 0 aliphatic carbocycles. The molecule has 2 saturated heterocycles. The number of imide groups is 1. The molecule has 0 radical (unpaired) electrons. The number of thioether (sulfide) groups is 1. The van der Waals surface area contributed by atoms with Crippen LogP contribution in [0.25, 0.3) is 6.08 Å². The first-order valence-electron chi connectivity index (χ1n) is 8.55. The molecule has 2 fully saturated rings. The quantitative estimate of drug-likeness (QED) is 0.424. The molecule has 146 valence electrons. The van der Waals surface area contributed by atoms with Gasteiger partial charge in [0.05, 0.1) is 21.5 Å². The summed E-state index contributed by atoms with van der Waals surface area (Å²) in [5.74, 6) is -0.363. The van der Waals surface area contributed by atoms with Crippen molar-refractivity contribution in [3.8, 4) is 11.5 Å². The van der Waals surface area contributed by atoms with E-state index in [2.05, 4.69) is 0 Å². The van der Waals surface area contributed by atoms with Crippen LogP contribution in [0.5, 0.6) is 11.5 Å². The Bertz CT molecular complexity index is 924. The summed E-state index contributed by atoms with van der Waals surface area (Å²) in [4.78, 5) is 50.3. The lowest BCUT2D eigenvalue weighted by Gasteiger charge is -2.18. The molecular weight excluding hydrogens is 390 g/mol. The number of hydrogen-bond donors (Lipinski definition) is 0. The van der Waals surface area contributed by atoms with Crippen LogP contribution in [0.4, 0.5) is 10.5 Å². The summed E-state index contributed by atoms with van der Waals surface area (Å²) in [5.41, 5.74) is -0.158. The van der Waals surface area contributed by atoms with Crippen LogP contribution in [0.15, 0.2) is 17.0 Å². The number of nitrogens with zero attached hydrogens (tertiary/aromatic N) is 3. The molecule has 0 atom stereocenters. The summed E-state index contributed by atoms with van der Waals surface area (Å²) in [6.45, 7) is 0.860. The van der Waals surface area contributed by atoms with Crippen LogP contribution in [-0.4, -0.2) is 58.2 Å². The minimum absolute atomic E-state index is 0.0150. The van der Waals surface area contributed by atoms with Gasteiger partial charge in [0.1, 0.15) is 6.54 Å². The molecule has 10 nitrogen and oxygen atoms in total. The Morgan fingerprint density at radius 2 is 1.89 bits per heavy atom. The average molecular weight is 405 g/mol. The minimum Gasteiger partial charge on any atom is -0.454 e. The molecule has 3 heterocycles. The number of rotatable bonds is 4. The Morgan fingerprint density at radius 3 is 2.57 bits per heavy atom. The molecule has 28 heavy (non-hydrogen) atoms. The van der Waals surface area contributed by atoms with Crippen LogP contribution in [-0.2, 0) is 9.59 Å². The fourth-order valence-corrected chi connectivity index (χ4v) is 4.03. The van der Waals surface area contributed by atoms with E-state index < -0.39 is 16.1 Å². The third kappa shape index (κ3) is 3.28. The van der Waals surface area contributed by atoms with E-state index in [0.29, 0.717) is 30.6 Å². The third-order valence-corrected chi connectivity index (χ3v) is 5.54. The molecule has 4 rings (SSSR count). The third-order valence-electron chi connectivity index (χ3n) is 4.63. The monoisotopic (exact) mass is 405 g/mol. The highest BCUT2D eigenvalue weighted by Crippen LogP contribution is 2.40. The van der Waals surface area contributed by atoms with Crippen molar-refractivity contribution >= 4 is 40.6 Å². The molecule has 3 amide bonds. The first-order valence-corrected chi connectivity index (χ1v) is 9.37. The summed E-state index contributed by atoms with van der Waals surface area (Å²) in [6.07, 6.45) is 3.08. The number of hydrogen-bond acceptors (Lipinski definition) is 8. The molecule has 1 aromatic rings. The summed E-state index contributed by atoms with van der Waals surface area (Å²) < 4.78 is 10.4. The summed E-state index contributed by atoms with van der Waals surface area (Å²) in [5, 5.41) is 10.8. The van der Waals surface area contributed by atoms with Crippen LogP contribution >= 0.6 is 11.8 Å². The molecule has 0 aromatic heterocycles. The number of ether oxygens (including phenoxy) is 2. The van der Waals surface area contributed by atoms with Crippen molar-refractivity contribution in [3.05, 3.63) is 32.7 Å². The van der Waals surface area contributed by atoms with Gasteiger partial charge >= 0.3 is 0 Å².